The molecule has 2 saturated heterocycles. The van der Waals surface area contributed by atoms with Gasteiger partial charge in [-0.25, -0.2) is 9.97 Å². The van der Waals surface area contributed by atoms with Gasteiger partial charge in [0.15, 0.2) is 5.13 Å². The van der Waals surface area contributed by atoms with Crippen molar-refractivity contribution >= 4 is 38.6 Å². The van der Waals surface area contributed by atoms with Crippen LogP contribution in [0.3, 0.4) is 0 Å². The lowest BCUT2D eigenvalue weighted by molar-refractivity contribution is -0.141. The molecule has 1 atom stereocenters. The number of pyridine rings is 1. The molecule has 0 N–H and O–H groups in total. The Morgan fingerprint density at radius 2 is 2.00 bits per heavy atom. The SMILES string of the molecule is CCCC(=O)N1CCCC(C(=O)N2CCN(c3nc4cccnc4s3)CC2)C1. The summed E-state index contributed by atoms with van der Waals surface area (Å²) in [6.07, 6.45) is 5.04. The first-order valence-electron chi connectivity index (χ1n) is 10.2. The van der Waals surface area contributed by atoms with Crippen molar-refractivity contribution in [3.05, 3.63) is 18.3 Å². The van der Waals surface area contributed by atoms with Crippen molar-refractivity contribution in [1.82, 2.24) is 19.8 Å². The lowest BCUT2D eigenvalue weighted by atomic mass is 9.96. The molecule has 2 aliphatic heterocycles. The number of likely N-dealkylation sites (tertiary alicyclic amines) is 1. The number of piperidine rings is 1. The maximum atomic E-state index is 13.0. The number of carbonyl (C=O) groups is 2. The third kappa shape index (κ3) is 3.97. The topological polar surface area (TPSA) is 69.6 Å². The molecule has 0 radical (unpaired) electrons. The van der Waals surface area contributed by atoms with E-state index >= 15 is 0 Å². The number of rotatable bonds is 4. The molecule has 28 heavy (non-hydrogen) atoms. The molecular weight excluding hydrogens is 374 g/mol. The van der Waals surface area contributed by atoms with E-state index in [2.05, 4.69) is 14.9 Å². The van der Waals surface area contributed by atoms with Gasteiger partial charge in [0.2, 0.25) is 11.8 Å². The summed E-state index contributed by atoms with van der Waals surface area (Å²) in [5, 5.41) is 0.981. The van der Waals surface area contributed by atoms with E-state index in [0.717, 1.165) is 54.4 Å². The van der Waals surface area contributed by atoms with E-state index in [4.69, 9.17) is 0 Å². The van der Waals surface area contributed by atoms with Crippen molar-refractivity contribution in [1.29, 1.82) is 0 Å². The highest BCUT2D eigenvalue weighted by Gasteiger charge is 2.32. The predicted molar refractivity (Wildman–Crippen MR) is 110 cm³/mol. The van der Waals surface area contributed by atoms with Gasteiger partial charge in [0.25, 0.3) is 0 Å². The Morgan fingerprint density at radius 3 is 2.75 bits per heavy atom. The van der Waals surface area contributed by atoms with Crippen LogP contribution < -0.4 is 4.90 Å². The van der Waals surface area contributed by atoms with Gasteiger partial charge in [0.05, 0.1) is 5.92 Å². The molecule has 2 aromatic rings. The van der Waals surface area contributed by atoms with Gasteiger partial charge in [-0.15, -0.1) is 0 Å². The highest BCUT2D eigenvalue weighted by Crippen LogP contribution is 2.28. The highest BCUT2D eigenvalue weighted by atomic mass is 32.1. The van der Waals surface area contributed by atoms with Crippen LogP contribution in [-0.2, 0) is 9.59 Å². The van der Waals surface area contributed by atoms with E-state index in [0.29, 0.717) is 26.1 Å². The molecule has 0 aromatic carbocycles. The van der Waals surface area contributed by atoms with Crippen molar-refractivity contribution in [2.24, 2.45) is 5.92 Å². The first-order valence-corrected chi connectivity index (χ1v) is 11.0. The van der Waals surface area contributed by atoms with Crippen molar-refractivity contribution in [2.75, 3.05) is 44.2 Å². The normalized spacial score (nSPS) is 20.6. The summed E-state index contributed by atoms with van der Waals surface area (Å²) < 4.78 is 0. The number of hydrogen-bond acceptors (Lipinski definition) is 6. The number of nitrogens with zero attached hydrogens (tertiary/aromatic N) is 5. The summed E-state index contributed by atoms with van der Waals surface area (Å²) in [6, 6.07) is 3.89. The van der Waals surface area contributed by atoms with E-state index < -0.39 is 0 Å². The minimum atomic E-state index is -0.0484. The largest absolute Gasteiger partial charge is 0.344 e. The van der Waals surface area contributed by atoms with Gasteiger partial charge in [-0.1, -0.05) is 18.3 Å². The molecule has 0 spiro atoms. The Labute approximate surface area is 169 Å². The van der Waals surface area contributed by atoms with Crippen LogP contribution in [0.5, 0.6) is 0 Å². The number of fused-ring (bicyclic) bond motifs is 1. The molecular formula is C20H27N5O2S. The zero-order valence-electron chi connectivity index (χ0n) is 16.3. The molecule has 0 saturated carbocycles. The van der Waals surface area contributed by atoms with Crippen LogP contribution in [0.15, 0.2) is 18.3 Å². The lowest BCUT2D eigenvalue weighted by Gasteiger charge is -2.39. The third-order valence-corrected chi connectivity index (χ3v) is 6.64. The summed E-state index contributed by atoms with van der Waals surface area (Å²) in [5.74, 6) is 0.349. The molecule has 0 aliphatic carbocycles. The van der Waals surface area contributed by atoms with Gasteiger partial charge in [-0.2, -0.15) is 0 Å². The standard InChI is InChI=1S/C20H27N5O2S/c1-2-5-17(26)25-9-4-6-15(14-25)19(27)23-10-12-24(13-11-23)20-22-16-7-3-8-21-18(16)28-20/h3,7-8,15H,2,4-6,9-14H2,1H3. The van der Waals surface area contributed by atoms with Crippen LogP contribution in [0, 0.1) is 5.92 Å². The molecule has 4 heterocycles. The molecule has 0 bridgehead atoms. The summed E-state index contributed by atoms with van der Waals surface area (Å²) >= 11 is 1.61. The minimum Gasteiger partial charge on any atom is -0.344 e. The quantitative estimate of drug-likeness (QED) is 0.787. The predicted octanol–water partition coefficient (Wildman–Crippen LogP) is 2.38. The van der Waals surface area contributed by atoms with Crippen LogP contribution in [0.2, 0.25) is 0 Å². The fourth-order valence-electron chi connectivity index (χ4n) is 4.05. The second kappa shape index (κ2) is 8.43. The molecule has 4 rings (SSSR count). The monoisotopic (exact) mass is 401 g/mol. The summed E-state index contributed by atoms with van der Waals surface area (Å²) in [7, 11) is 0. The fourth-order valence-corrected chi connectivity index (χ4v) is 5.01. The number of aromatic nitrogens is 2. The van der Waals surface area contributed by atoms with Crippen LogP contribution in [-0.4, -0.2) is 70.9 Å². The zero-order chi connectivity index (χ0) is 19.5. The number of hydrogen-bond donors (Lipinski definition) is 0. The Morgan fingerprint density at radius 1 is 1.18 bits per heavy atom. The lowest BCUT2D eigenvalue weighted by Crippen LogP contribution is -2.53. The van der Waals surface area contributed by atoms with Gasteiger partial charge in [0, 0.05) is 51.9 Å². The zero-order valence-corrected chi connectivity index (χ0v) is 17.2. The number of amides is 2. The molecule has 1 unspecified atom stereocenters. The maximum absolute atomic E-state index is 13.0. The van der Waals surface area contributed by atoms with Crippen molar-refractivity contribution in [2.45, 2.75) is 32.6 Å². The van der Waals surface area contributed by atoms with E-state index in [1.807, 2.05) is 28.9 Å². The third-order valence-electron chi connectivity index (χ3n) is 5.60. The average molecular weight is 402 g/mol. The molecule has 2 fully saturated rings. The number of piperazine rings is 1. The molecule has 2 amide bonds. The Hall–Kier alpha value is -2.22. The Bertz CT molecular complexity index is 813. The Kier molecular flexibility index (Phi) is 5.75. The first kappa shape index (κ1) is 19.1. The van der Waals surface area contributed by atoms with E-state index in [1.54, 1.807) is 17.5 Å². The number of anilines is 1. The Balaban J connectivity index is 1.34. The first-order chi connectivity index (χ1) is 13.7. The van der Waals surface area contributed by atoms with Crippen LogP contribution in [0.25, 0.3) is 10.3 Å². The number of carbonyl (C=O) groups excluding carboxylic acids is 2. The van der Waals surface area contributed by atoms with Gasteiger partial charge >= 0.3 is 0 Å². The summed E-state index contributed by atoms with van der Waals surface area (Å²) in [5.41, 5.74) is 0.931. The van der Waals surface area contributed by atoms with Crippen molar-refractivity contribution in [3.63, 3.8) is 0 Å². The summed E-state index contributed by atoms with van der Waals surface area (Å²) in [6.45, 7) is 6.39. The fraction of sp³-hybridized carbons (Fsp3) is 0.600. The van der Waals surface area contributed by atoms with E-state index in [1.165, 1.54) is 0 Å². The smallest absolute Gasteiger partial charge is 0.227 e. The maximum Gasteiger partial charge on any atom is 0.227 e. The van der Waals surface area contributed by atoms with Gasteiger partial charge in [-0.05, 0) is 31.4 Å². The second-order valence-electron chi connectivity index (χ2n) is 7.57. The van der Waals surface area contributed by atoms with E-state index in [9.17, 15) is 9.59 Å². The van der Waals surface area contributed by atoms with Gasteiger partial charge in [0.1, 0.15) is 10.3 Å². The van der Waals surface area contributed by atoms with Gasteiger partial charge in [-0.3, -0.25) is 9.59 Å². The molecule has 2 aliphatic rings. The van der Waals surface area contributed by atoms with E-state index in [-0.39, 0.29) is 17.7 Å². The van der Waals surface area contributed by atoms with Gasteiger partial charge < -0.3 is 14.7 Å². The van der Waals surface area contributed by atoms with Crippen molar-refractivity contribution in [3.8, 4) is 0 Å². The second-order valence-corrected chi connectivity index (χ2v) is 8.52. The average Bonchev–Trinajstić information content (AvgIpc) is 3.18. The summed E-state index contributed by atoms with van der Waals surface area (Å²) in [4.78, 5) is 41.3. The highest BCUT2D eigenvalue weighted by molar-refractivity contribution is 7.21. The molecule has 7 nitrogen and oxygen atoms in total. The van der Waals surface area contributed by atoms with Crippen LogP contribution in [0.1, 0.15) is 32.6 Å². The number of thiazole rings is 1. The molecule has 150 valence electrons. The van der Waals surface area contributed by atoms with Crippen molar-refractivity contribution < 1.29 is 9.59 Å². The van der Waals surface area contributed by atoms with Crippen LogP contribution >= 0.6 is 11.3 Å². The van der Waals surface area contributed by atoms with Crippen LogP contribution in [0.4, 0.5) is 5.13 Å². The minimum absolute atomic E-state index is 0.0484. The molecule has 2 aromatic heterocycles. The molecule has 8 heteroatoms.